The highest BCUT2D eigenvalue weighted by molar-refractivity contribution is 6.12. The Hall–Kier alpha value is -3.32. The second-order valence-electron chi connectivity index (χ2n) is 5.53. The molecule has 0 fully saturated rings. The summed E-state index contributed by atoms with van der Waals surface area (Å²) in [6.45, 7) is 1.58. The van der Waals surface area contributed by atoms with Crippen LogP contribution in [0.5, 0.6) is 0 Å². The van der Waals surface area contributed by atoms with Crippen LogP contribution in [-0.2, 0) is 4.79 Å². The quantitative estimate of drug-likeness (QED) is 0.488. The summed E-state index contributed by atoms with van der Waals surface area (Å²) in [4.78, 5) is 28.5. The van der Waals surface area contributed by atoms with Crippen LogP contribution >= 0.6 is 0 Å². The molecule has 1 aromatic carbocycles. The molecule has 7 heteroatoms. The number of allylic oxidation sites excluding steroid dienone is 1. The van der Waals surface area contributed by atoms with Crippen LogP contribution in [0, 0.1) is 0 Å². The first-order valence-corrected chi connectivity index (χ1v) is 7.73. The molecule has 0 aliphatic heterocycles. The second kappa shape index (κ2) is 7.06. The number of aromatic amines is 1. The van der Waals surface area contributed by atoms with E-state index in [9.17, 15) is 9.59 Å². The van der Waals surface area contributed by atoms with E-state index in [1.54, 1.807) is 49.5 Å². The lowest BCUT2D eigenvalue weighted by Gasteiger charge is -2.10. The number of hydrogen-bond acceptors (Lipinski definition) is 5. The largest absolute Gasteiger partial charge is 0.324 e. The highest BCUT2D eigenvalue weighted by Gasteiger charge is 2.13. The van der Waals surface area contributed by atoms with E-state index in [0.29, 0.717) is 22.6 Å². The Kier molecular flexibility index (Phi) is 4.67. The zero-order valence-electron chi connectivity index (χ0n) is 13.6. The fraction of sp³-hybridized carbons (Fsp3) is 0.111. The van der Waals surface area contributed by atoms with Crippen molar-refractivity contribution in [2.45, 2.75) is 13.0 Å². The third kappa shape index (κ3) is 3.61. The molecule has 0 spiro atoms. The van der Waals surface area contributed by atoms with Crippen LogP contribution in [0.4, 0.5) is 5.69 Å². The predicted octanol–water partition coefficient (Wildman–Crippen LogP) is 2.14. The van der Waals surface area contributed by atoms with Crippen molar-refractivity contribution in [3.8, 4) is 0 Å². The molecule has 7 nitrogen and oxygen atoms in total. The van der Waals surface area contributed by atoms with Crippen LogP contribution in [0.3, 0.4) is 0 Å². The lowest BCUT2D eigenvalue weighted by Crippen LogP contribution is -2.32. The Morgan fingerprint density at radius 1 is 1.24 bits per heavy atom. The van der Waals surface area contributed by atoms with Gasteiger partial charge in [0.05, 0.1) is 17.4 Å². The Labute approximate surface area is 143 Å². The molecule has 0 radical (unpaired) electrons. The number of H-pyrrole nitrogens is 1. The van der Waals surface area contributed by atoms with Crippen molar-refractivity contribution in [2.24, 2.45) is 5.73 Å². The van der Waals surface area contributed by atoms with Gasteiger partial charge in [0.2, 0.25) is 5.91 Å². The number of nitrogens with two attached hydrogens (primary N) is 1. The number of carbonyl (C=O) groups is 2. The van der Waals surface area contributed by atoms with E-state index in [4.69, 9.17) is 5.73 Å². The van der Waals surface area contributed by atoms with Gasteiger partial charge in [0, 0.05) is 17.1 Å². The van der Waals surface area contributed by atoms with E-state index in [-0.39, 0.29) is 11.7 Å². The summed E-state index contributed by atoms with van der Waals surface area (Å²) in [5.41, 5.74) is 7.64. The molecule has 0 saturated heterocycles. The maximum Gasteiger partial charge on any atom is 0.241 e. The molecule has 25 heavy (non-hydrogen) atoms. The number of pyridine rings is 1. The number of carbonyl (C=O) groups excluding carboxylic acids is 2. The van der Waals surface area contributed by atoms with Gasteiger partial charge in [-0.3, -0.25) is 14.7 Å². The van der Waals surface area contributed by atoms with Crippen molar-refractivity contribution in [3.05, 3.63) is 59.9 Å². The molecule has 3 rings (SSSR count). The van der Waals surface area contributed by atoms with Gasteiger partial charge in [-0.2, -0.15) is 5.10 Å². The van der Waals surface area contributed by atoms with Gasteiger partial charge in [-0.1, -0.05) is 12.1 Å². The standard InChI is InChI=1S/C18H17N5O2/c1-11(19)18(25)21-14-7-3-2-5-12(14)16(24)9-8-15-13-6-4-10-20-17(13)23-22-15/h2-11H,19H2,1H3,(H,21,25)(H,20,22,23)/b9-8+. The van der Waals surface area contributed by atoms with Crippen LogP contribution in [-0.4, -0.2) is 32.9 Å². The molecule has 1 amide bonds. The van der Waals surface area contributed by atoms with Crippen molar-refractivity contribution in [2.75, 3.05) is 5.32 Å². The van der Waals surface area contributed by atoms with E-state index in [1.165, 1.54) is 6.08 Å². The first kappa shape index (κ1) is 16.5. The average Bonchev–Trinajstić information content (AvgIpc) is 3.03. The Balaban J connectivity index is 1.85. The molecule has 2 aromatic heterocycles. The summed E-state index contributed by atoms with van der Waals surface area (Å²) in [5.74, 6) is -0.595. The molecule has 126 valence electrons. The number of anilines is 1. The van der Waals surface area contributed by atoms with Crippen molar-refractivity contribution in [1.29, 1.82) is 0 Å². The number of fused-ring (bicyclic) bond motifs is 1. The smallest absolute Gasteiger partial charge is 0.241 e. The maximum absolute atomic E-state index is 12.5. The molecule has 4 N–H and O–H groups in total. The first-order valence-electron chi connectivity index (χ1n) is 7.73. The molecule has 1 atom stereocenters. The van der Waals surface area contributed by atoms with E-state index in [0.717, 1.165) is 5.39 Å². The molecular formula is C18H17N5O2. The highest BCUT2D eigenvalue weighted by atomic mass is 16.2. The molecule has 1 unspecified atom stereocenters. The zero-order chi connectivity index (χ0) is 17.8. The van der Waals surface area contributed by atoms with Gasteiger partial charge in [0.25, 0.3) is 0 Å². The number of rotatable bonds is 5. The minimum absolute atomic E-state index is 0.243. The predicted molar refractivity (Wildman–Crippen MR) is 96.0 cm³/mol. The van der Waals surface area contributed by atoms with E-state index < -0.39 is 6.04 Å². The van der Waals surface area contributed by atoms with Crippen molar-refractivity contribution in [1.82, 2.24) is 15.2 Å². The number of nitrogens with one attached hydrogen (secondary N) is 2. The van der Waals surface area contributed by atoms with Crippen LogP contribution in [0.2, 0.25) is 0 Å². The van der Waals surface area contributed by atoms with Crippen molar-refractivity contribution >= 4 is 34.5 Å². The summed E-state index contributed by atoms with van der Waals surface area (Å²) in [6, 6.07) is 9.79. The van der Waals surface area contributed by atoms with E-state index in [1.807, 2.05) is 6.07 Å². The van der Waals surface area contributed by atoms with Crippen molar-refractivity contribution < 1.29 is 9.59 Å². The number of ketones is 1. The van der Waals surface area contributed by atoms with Gasteiger partial charge in [-0.25, -0.2) is 4.98 Å². The van der Waals surface area contributed by atoms with Gasteiger partial charge in [-0.05, 0) is 43.3 Å². The van der Waals surface area contributed by atoms with Gasteiger partial charge in [0.1, 0.15) is 0 Å². The molecule has 0 aliphatic carbocycles. The molecule has 3 aromatic rings. The number of para-hydroxylation sites is 1. The topological polar surface area (TPSA) is 114 Å². The Bertz CT molecular complexity index is 959. The maximum atomic E-state index is 12.5. The monoisotopic (exact) mass is 335 g/mol. The van der Waals surface area contributed by atoms with Crippen molar-refractivity contribution in [3.63, 3.8) is 0 Å². The minimum Gasteiger partial charge on any atom is -0.324 e. The number of amides is 1. The fourth-order valence-electron chi connectivity index (χ4n) is 2.30. The Morgan fingerprint density at radius 3 is 2.84 bits per heavy atom. The summed E-state index contributed by atoms with van der Waals surface area (Å²) >= 11 is 0. The molecule has 0 saturated carbocycles. The third-order valence-corrected chi connectivity index (χ3v) is 3.62. The normalized spacial score (nSPS) is 12.4. The number of nitrogens with zero attached hydrogens (tertiary/aromatic N) is 2. The van der Waals surface area contributed by atoms with Gasteiger partial charge in [0.15, 0.2) is 11.4 Å². The third-order valence-electron chi connectivity index (χ3n) is 3.62. The summed E-state index contributed by atoms with van der Waals surface area (Å²) in [6.07, 6.45) is 4.72. The lowest BCUT2D eigenvalue weighted by atomic mass is 10.1. The van der Waals surface area contributed by atoms with Crippen LogP contribution in [0.1, 0.15) is 23.0 Å². The summed E-state index contributed by atoms with van der Waals surface area (Å²) in [7, 11) is 0. The molecular weight excluding hydrogens is 318 g/mol. The highest BCUT2D eigenvalue weighted by Crippen LogP contribution is 2.18. The Morgan fingerprint density at radius 2 is 2.04 bits per heavy atom. The van der Waals surface area contributed by atoms with Crippen LogP contribution in [0.15, 0.2) is 48.7 Å². The summed E-state index contributed by atoms with van der Waals surface area (Å²) in [5, 5.41) is 10.4. The number of benzene rings is 1. The summed E-state index contributed by atoms with van der Waals surface area (Å²) < 4.78 is 0. The lowest BCUT2D eigenvalue weighted by molar-refractivity contribution is -0.117. The van der Waals surface area contributed by atoms with Gasteiger partial charge >= 0.3 is 0 Å². The number of hydrogen-bond donors (Lipinski definition) is 3. The average molecular weight is 335 g/mol. The molecule has 0 aliphatic rings. The van der Waals surface area contributed by atoms with E-state index >= 15 is 0 Å². The van der Waals surface area contributed by atoms with Crippen LogP contribution in [0.25, 0.3) is 17.1 Å². The minimum atomic E-state index is -0.664. The van der Waals surface area contributed by atoms with E-state index in [2.05, 4.69) is 20.5 Å². The second-order valence-corrected chi connectivity index (χ2v) is 5.53. The van der Waals surface area contributed by atoms with Crippen LogP contribution < -0.4 is 11.1 Å². The first-order chi connectivity index (χ1) is 12.1. The molecule has 2 heterocycles. The fourth-order valence-corrected chi connectivity index (χ4v) is 2.30. The SMILES string of the molecule is CC(N)C(=O)Nc1ccccc1C(=O)/C=C/c1[nH]nc2ncccc12. The van der Waals surface area contributed by atoms with Gasteiger partial charge < -0.3 is 11.1 Å². The zero-order valence-corrected chi connectivity index (χ0v) is 13.6. The molecule has 0 bridgehead atoms. The number of aromatic nitrogens is 3. The van der Waals surface area contributed by atoms with Gasteiger partial charge in [-0.15, -0.1) is 0 Å².